The summed E-state index contributed by atoms with van der Waals surface area (Å²) in [4.78, 5) is 18.8. The number of amides is 2. The van der Waals surface area contributed by atoms with Gasteiger partial charge in [-0.15, -0.1) is 0 Å². The van der Waals surface area contributed by atoms with E-state index in [0.717, 1.165) is 44.0 Å². The molecule has 1 saturated heterocycles. The minimum atomic E-state index is -0.0245. The lowest BCUT2D eigenvalue weighted by atomic mass is 10.1. The van der Waals surface area contributed by atoms with Crippen LogP contribution in [0.4, 0.5) is 21.9 Å². The van der Waals surface area contributed by atoms with Crippen LogP contribution in [0.5, 0.6) is 0 Å². The Morgan fingerprint density at radius 3 is 2.12 bits per heavy atom. The monoisotopic (exact) mass is 352 g/mol. The second-order valence-corrected chi connectivity index (χ2v) is 6.87. The highest BCUT2D eigenvalue weighted by Gasteiger charge is 2.21. The van der Waals surface area contributed by atoms with Gasteiger partial charge in [-0.05, 0) is 48.4 Å². The van der Waals surface area contributed by atoms with Crippen molar-refractivity contribution in [1.29, 1.82) is 0 Å². The van der Waals surface area contributed by atoms with Crippen LogP contribution in [-0.4, -0.2) is 51.2 Å². The molecule has 2 aromatic rings. The maximum atomic E-state index is 12.5. The Balaban J connectivity index is 1.52. The Bertz CT molecular complexity index is 717. The molecule has 5 heteroatoms. The van der Waals surface area contributed by atoms with Crippen LogP contribution in [0.25, 0.3) is 0 Å². The third kappa shape index (κ3) is 4.28. The molecule has 1 aliphatic rings. The number of rotatable bonds is 4. The zero-order valence-electron chi connectivity index (χ0n) is 15.9. The van der Waals surface area contributed by atoms with Crippen molar-refractivity contribution in [2.75, 3.05) is 55.4 Å². The van der Waals surface area contributed by atoms with Crippen LogP contribution in [0, 0.1) is 0 Å². The lowest BCUT2D eigenvalue weighted by molar-refractivity contribution is 0.208. The average Bonchev–Trinajstić information content (AvgIpc) is 2.68. The topological polar surface area (TPSA) is 38.8 Å². The highest BCUT2D eigenvalue weighted by molar-refractivity contribution is 5.89. The number of hydrogen-bond donors (Lipinski definition) is 1. The molecule has 1 N–H and O–H groups in total. The van der Waals surface area contributed by atoms with E-state index < -0.39 is 0 Å². The van der Waals surface area contributed by atoms with Crippen molar-refractivity contribution in [2.24, 2.45) is 0 Å². The summed E-state index contributed by atoms with van der Waals surface area (Å²) >= 11 is 0. The number of piperazine rings is 1. The van der Waals surface area contributed by atoms with Gasteiger partial charge >= 0.3 is 6.03 Å². The van der Waals surface area contributed by atoms with Gasteiger partial charge in [0.15, 0.2) is 0 Å². The molecular weight excluding hydrogens is 324 g/mol. The second kappa shape index (κ2) is 8.13. The molecule has 1 fully saturated rings. The molecule has 2 amide bonds. The quantitative estimate of drug-likeness (QED) is 0.912. The number of nitrogens with zero attached hydrogens (tertiary/aromatic N) is 3. The van der Waals surface area contributed by atoms with E-state index in [1.54, 1.807) is 0 Å². The maximum absolute atomic E-state index is 12.5. The Morgan fingerprint density at radius 1 is 0.962 bits per heavy atom. The number of nitrogens with one attached hydrogen (secondary N) is 1. The molecule has 0 bridgehead atoms. The largest absolute Gasteiger partial charge is 0.378 e. The first-order valence-corrected chi connectivity index (χ1v) is 9.24. The van der Waals surface area contributed by atoms with Crippen LogP contribution in [0.3, 0.4) is 0 Å². The van der Waals surface area contributed by atoms with Crippen molar-refractivity contribution in [3.8, 4) is 0 Å². The number of anilines is 3. The predicted molar refractivity (Wildman–Crippen MR) is 109 cm³/mol. The Labute approximate surface area is 156 Å². The Kier molecular flexibility index (Phi) is 5.66. The van der Waals surface area contributed by atoms with Crippen LogP contribution in [-0.2, 0) is 6.42 Å². The molecule has 0 radical (unpaired) electrons. The summed E-state index contributed by atoms with van der Waals surface area (Å²) in [5.41, 5.74) is 4.54. The lowest BCUT2D eigenvalue weighted by Gasteiger charge is -2.36. The molecule has 0 spiro atoms. The molecule has 0 saturated carbocycles. The van der Waals surface area contributed by atoms with Crippen LogP contribution in [0.15, 0.2) is 48.5 Å². The molecule has 0 unspecified atom stereocenters. The van der Waals surface area contributed by atoms with Crippen molar-refractivity contribution in [2.45, 2.75) is 13.3 Å². The van der Waals surface area contributed by atoms with E-state index in [9.17, 15) is 4.79 Å². The summed E-state index contributed by atoms with van der Waals surface area (Å²) in [6.45, 7) is 5.35. The molecule has 138 valence electrons. The van der Waals surface area contributed by atoms with E-state index in [2.05, 4.69) is 41.4 Å². The predicted octanol–water partition coefficient (Wildman–Crippen LogP) is 3.67. The number of carbonyl (C=O) groups excluding carboxylic acids is 1. The van der Waals surface area contributed by atoms with Gasteiger partial charge in [0.05, 0.1) is 0 Å². The fourth-order valence-corrected chi connectivity index (χ4v) is 3.16. The van der Waals surface area contributed by atoms with Crippen LogP contribution in [0.1, 0.15) is 12.5 Å². The van der Waals surface area contributed by atoms with E-state index in [1.165, 1.54) is 11.3 Å². The molecule has 0 aliphatic carbocycles. The summed E-state index contributed by atoms with van der Waals surface area (Å²) in [5.74, 6) is 0. The molecule has 1 heterocycles. The standard InChI is InChI=1S/C21H28N4O/c1-4-17-5-9-20(10-6-17)24-13-15-25(16-14-24)21(26)22-18-7-11-19(12-8-18)23(2)3/h5-12H,4,13-16H2,1-3H3,(H,22,26). The fraction of sp³-hybridized carbons (Fsp3) is 0.381. The van der Waals surface area contributed by atoms with Crippen molar-refractivity contribution in [3.05, 3.63) is 54.1 Å². The minimum absolute atomic E-state index is 0.0245. The summed E-state index contributed by atoms with van der Waals surface area (Å²) in [5, 5.41) is 3.00. The zero-order chi connectivity index (χ0) is 18.5. The summed E-state index contributed by atoms with van der Waals surface area (Å²) in [7, 11) is 4.01. The van der Waals surface area contributed by atoms with Crippen molar-refractivity contribution >= 4 is 23.1 Å². The number of aryl methyl sites for hydroxylation is 1. The van der Waals surface area contributed by atoms with Gasteiger partial charge < -0.3 is 20.0 Å². The number of hydrogen-bond acceptors (Lipinski definition) is 3. The summed E-state index contributed by atoms with van der Waals surface area (Å²) in [6.07, 6.45) is 1.06. The minimum Gasteiger partial charge on any atom is -0.378 e. The zero-order valence-corrected chi connectivity index (χ0v) is 15.9. The van der Waals surface area contributed by atoms with Crippen molar-refractivity contribution < 1.29 is 4.79 Å². The van der Waals surface area contributed by atoms with Gasteiger partial charge in [0.1, 0.15) is 0 Å². The molecule has 0 aromatic heterocycles. The third-order valence-corrected chi connectivity index (χ3v) is 4.91. The van der Waals surface area contributed by atoms with Gasteiger partial charge in [0.2, 0.25) is 0 Å². The van der Waals surface area contributed by atoms with E-state index in [0.29, 0.717) is 0 Å². The molecular formula is C21H28N4O. The summed E-state index contributed by atoms with van der Waals surface area (Å²) in [6, 6.07) is 16.6. The van der Waals surface area contributed by atoms with Gasteiger partial charge in [-0.25, -0.2) is 4.79 Å². The molecule has 1 aliphatic heterocycles. The molecule has 2 aromatic carbocycles. The van der Waals surface area contributed by atoms with Crippen molar-refractivity contribution in [1.82, 2.24) is 4.90 Å². The maximum Gasteiger partial charge on any atom is 0.321 e. The van der Waals surface area contributed by atoms with Gasteiger partial charge in [-0.1, -0.05) is 19.1 Å². The fourth-order valence-electron chi connectivity index (χ4n) is 3.16. The molecule has 0 atom stereocenters. The number of benzene rings is 2. The van der Waals surface area contributed by atoms with Crippen LogP contribution < -0.4 is 15.1 Å². The lowest BCUT2D eigenvalue weighted by Crippen LogP contribution is -2.50. The first-order valence-electron chi connectivity index (χ1n) is 9.24. The first-order chi connectivity index (χ1) is 12.6. The highest BCUT2D eigenvalue weighted by atomic mass is 16.2. The first kappa shape index (κ1) is 18.1. The van der Waals surface area contributed by atoms with Gasteiger partial charge in [0.25, 0.3) is 0 Å². The Hall–Kier alpha value is -2.69. The number of carbonyl (C=O) groups is 1. The van der Waals surface area contributed by atoms with E-state index in [-0.39, 0.29) is 6.03 Å². The smallest absolute Gasteiger partial charge is 0.321 e. The molecule has 26 heavy (non-hydrogen) atoms. The normalized spacial score (nSPS) is 14.3. The molecule has 5 nitrogen and oxygen atoms in total. The van der Waals surface area contributed by atoms with Crippen LogP contribution >= 0.6 is 0 Å². The highest BCUT2D eigenvalue weighted by Crippen LogP contribution is 2.19. The van der Waals surface area contributed by atoms with E-state index >= 15 is 0 Å². The summed E-state index contributed by atoms with van der Waals surface area (Å²) < 4.78 is 0. The molecule has 3 rings (SSSR count). The average molecular weight is 352 g/mol. The Morgan fingerprint density at radius 2 is 1.58 bits per heavy atom. The van der Waals surface area contributed by atoms with Gasteiger partial charge in [-0.2, -0.15) is 0 Å². The SMILES string of the molecule is CCc1ccc(N2CCN(C(=O)Nc3ccc(N(C)C)cc3)CC2)cc1. The van der Waals surface area contributed by atoms with Gasteiger partial charge in [-0.3, -0.25) is 0 Å². The van der Waals surface area contributed by atoms with Crippen molar-refractivity contribution in [3.63, 3.8) is 0 Å². The van der Waals surface area contributed by atoms with Gasteiger partial charge in [0, 0.05) is 57.3 Å². The van der Waals surface area contributed by atoms with E-state index in [1.807, 2.05) is 48.2 Å². The second-order valence-electron chi connectivity index (χ2n) is 6.87. The third-order valence-electron chi connectivity index (χ3n) is 4.91. The van der Waals surface area contributed by atoms with Crippen LogP contribution in [0.2, 0.25) is 0 Å². The number of urea groups is 1. The van der Waals surface area contributed by atoms with E-state index in [4.69, 9.17) is 0 Å².